The van der Waals surface area contributed by atoms with Crippen LogP contribution in [0.2, 0.25) is 0 Å². The molecule has 1 heterocycles. The molecular formula is C12H17NO3S2. The van der Waals surface area contributed by atoms with Crippen molar-refractivity contribution in [2.24, 2.45) is 0 Å². The lowest BCUT2D eigenvalue weighted by Crippen LogP contribution is -2.28. The molecule has 1 aliphatic heterocycles. The second-order valence-electron chi connectivity index (χ2n) is 4.23. The molecule has 0 N–H and O–H groups in total. The molecule has 1 saturated heterocycles. The molecule has 0 aliphatic carbocycles. The first-order chi connectivity index (χ1) is 8.48. The quantitative estimate of drug-likeness (QED) is 0.853. The Balaban J connectivity index is 2.48. The number of thioether (sulfide) groups is 1. The van der Waals surface area contributed by atoms with Gasteiger partial charge in [-0.25, -0.2) is 8.42 Å². The van der Waals surface area contributed by atoms with Crippen LogP contribution in [0.15, 0.2) is 17.0 Å². The fourth-order valence-corrected chi connectivity index (χ4v) is 5.09. The van der Waals surface area contributed by atoms with Crippen LogP contribution < -0.4 is 4.74 Å². The van der Waals surface area contributed by atoms with Crippen LogP contribution in [0.4, 0.5) is 0 Å². The van der Waals surface area contributed by atoms with E-state index in [9.17, 15) is 8.42 Å². The van der Waals surface area contributed by atoms with Crippen LogP contribution in [0.3, 0.4) is 0 Å². The van der Waals surface area contributed by atoms with E-state index >= 15 is 0 Å². The summed E-state index contributed by atoms with van der Waals surface area (Å²) in [6, 6.07) is 3.36. The largest absolute Gasteiger partial charge is 0.496 e. The van der Waals surface area contributed by atoms with Crippen molar-refractivity contribution in [3.8, 4) is 5.75 Å². The van der Waals surface area contributed by atoms with Crippen molar-refractivity contribution in [2.45, 2.75) is 18.7 Å². The van der Waals surface area contributed by atoms with Crippen LogP contribution in [-0.4, -0.2) is 38.0 Å². The van der Waals surface area contributed by atoms with Crippen LogP contribution >= 0.6 is 11.8 Å². The van der Waals surface area contributed by atoms with Gasteiger partial charge in [-0.2, -0.15) is 4.31 Å². The van der Waals surface area contributed by atoms with Crippen molar-refractivity contribution >= 4 is 21.8 Å². The van der Waals surface area contributed by atoms with Crippen molar-refractivity contribution in [1.29, 1.82) is 0 Å². The fraction of sp³-hybridized carbons (Fsp3) is 0.500. The normalized spacial score (nSPS) is 17.1. The van der Waals surface area contributed by atoms with Gasteiger partial charge >= 0.3 is 0 Å². The summed E-state index contributed by atoms with van der Waals surface area (Å²) >= 11 is 1.64. The molecule has 0 spiro atoms. The molecule has 0 unspecified atom stereocenters. The van der Waals surface area contributed by atoms with Gasteiger partial charge in [-0.3, -0.25) is 0 Å². The number of methoxy groups -OCH3 is 1. The number of benzene rings is 1. The highest BCUT2D eigenvalue weighted by molar-refractivity contribution is 8.00. The molecule has 0 aromatic heterocycles. The predicted octanol–water partition coefficient (Wildman–Crippen LogP) is 2.01. The number of rotatable bonds is 3. The van der Waals surface area contributed by atoms with Gasteiger partial charge in [-0.1, -0.05) is 0 Å². The Bertz CT molecular complexity index is 549. The first kappa shape index (κ1) is 13.7. The summed E-state index contributed by atoms with van der Waals surface area (Å²) in [5.74, 6) is 2.14. The molecular weight excluding hydrogens is 270 g/mol. The third kappa shape index (κ3) is 2.24. The van der Waals surface area contributed by atoms with Gasteiger partial charge in [0.05, 0.1) is 17.9 Å². The van der Waals surface area contributed by atoms with Crippen LogP contribution in [-0.2, 0) is 10.0 Å². The minimum Gasteiger partial charge on any atom is -0.496 e. The Labute approximate surface area is 112 Å². The predicted molar refractivity (Wildman–Crippen MR) is 73.7 cm³/mol. The van der Waals surface area contributed by atoms with Gasteiger partial charge in [0.1, 0.15) is 5.75 Å². The second kappa shape index (κ2) is 5.11. The van der Waals surface area contributed by atoms with Crippen molar-refractivity contribution in [3.05, 3.63) is 23.3 Å². The molecule has 0 amide bonds. The second-order valence-corrected chi connectivity index (χ2v) is 7.21. The summed E-state index contributed by atoms with van der Waals surface area (Å²) < 4.78 is 31.7. The number of sulfonamides is 1. The van der Waals surface area contributed by atoms with Crippen LogP contribution in [0, 0.1) is 13.8 Å². The van der Waals surface area contributed by atoms with E-state index in [0.29, 0.717) is 17.3 Å². The van der Waals surface area contributed by atoms with Gasteiger partial charge in [0.25, 0.3) is 0 Å². The number of ether oxygens (including phenoxy) is 1. The zero-order chi connectivity index (χ0) is 13.3. The summed E-state index contributed by atoms with van der Waals surface area (Å²) in [6.45, 7) is 4.30. The van der Waals surface area contributed by atoms with E-state index in [1.807, 2.05) is 13.8 Å². The van der Waals surface area contributed by atoms with Crippen molar-refractivity contribution in [3.63, 3.8) is 0 Å². The summed E-state index contributed by atoms with van der Waals surface area (Å²) in [5, 5.41) is 0. The zero-order valence-corrected chi connectivity index (χ0v) is 12.4. The van der Waals surface area contributed by atoms with Gasteiger partial charge < -0.3 is 4.74 Å². The van der Waals surface area contributed by atoms with Crippen molar-refractivity contribution in [2.75, 3.05) is 25.3 Å². The molecule has 0 atom stereocenters. The smallest absolute Gasteiger partial charge is 0.244 e. The molecule has 6 heteroatoms. The highest BCUT2D eigenvalue weighted by atomic mass is 32.2. The first-order valence-corrected chi connectivity index (χ1v) is 8.30. The minimum atomic E-state index is -3.36. The average molecular weight is 287 g/mol. The van der Waals surface area contributed by atoms with E-state index in [4.69, 9.17) is 4.74 Å². The fourth-order valence-electron chi connectivity index (χ4n) is 2.00. The minimum absolute atomic E-state index is 0.392. The van der Waals surface area contributed by atoms with E-state index in [1.54, 1.807) is 31.0 Å². The van der Waals surface area contributed by atoms with Crippen molar-refractivity contribution < 1.29 is 13.2 Å². The van der Waals surface area contributed by atoms with Gasteiger partial charge in [-0.05, 0) is 37.1 Å². The highest BCUT2D eigenvalue weighted by Crippen LogP contribution is 2.30. The summed E-state index contributed by atoms with van der Waals surface area (Å²) in [5.41, 5.74) is 1.65. The molecule has 4 nitrogen and oxygen atoms in total. The average Bonchev–Trinajstić information content (AvgIpc) is 2.86. The summed E-state index contributed by atoms with van der Waals surface area (Å²) in [7, 11) is -1.77. The first-order valence-electron chi connectivity index (χ1n) is 5.70. The lowest BCUT2D eigenvalue weighted by atomic mass is 10.1. The molecule has 2 rings (SSSR count). The van der Waals surface area contributed by atoms with Gasteiger partial charge in [0.15, 0.2) is 0 Å². The molecule has 100 valence electrons. The van der Waals surface area contributed by atoms with E-state index in [2.05, 4.69) is 0 Å². The summed E-state index contributed by atoms with van der Waals surface area (Å²) in [4.78, 5) is 0.392. The monoisotopic (exact) mass is 287 g/mol. The Morgan fingerprint density at radius 1 is 1.28 bits per heavy atom. The van der Waals surface area contributed by atoms with Crippen LogP contribution in [0.25, 0.3) is 0 Å². The zero-order valence-electron chi connectivity index (χ0n) is 10.8. The molecule has 0 radical (unpaired) electrons. The van der Waals surface area contributed by atoms with E-state index in [-0.39, 0.29) is 0 Å². The number of hydrogen-bond acceptors (Lipinski definition) is 4. The number of nitrogens with zero attached hydrogens (tertiary/aromatic N) is 1. The standard InChI is InChI=1S/C12H17NO3S2/c1-9-10(2)12(5-4-11(9)16-3)18(14,15)13-6-7-17-8-13/h4-5H,6-8H2,1-3H3. The van der Waals surface area contributed by atoms with Gasteiger partial charge in [0, 0.05) is 12.3 Å². The van der Waals surface area contributed by atoms with E-state index in [0.717, 1.165) is 22.6 Å². The maximum Gasteiger partial charge on any atom is 0.244 e. The van der Waals surface area contributed by atoms with Crippen molar-refractivity contribution in [1.82, 2.24) is 4.31 Å². The SMILES string of the molecule is COc1ccc(S(=O)(=O)N2CCSC2)c(C)c1C. The Morgan fingerprint density at radius 2 is 2.00 bits per heavy atom. The van der Waals surface area contributed by atoms with Crippen LogP contribution in [0.1, 0.15) is 11.1 Å². The maximum absolute atomic E-state index is 12.5. The molecule has 1 aliphatic rings. The van der Waals surface area contributed by atoms with Gasteiger partial charge in [-0.15, -0.1) is 11.8 Å². The highest BCUT2D eigenvalue weighted by Gasteiger charge is 2.29. The van der Waals surface area contributed by atoms with Crippen LogP contribution in [0.5, 0.6) is 5.75 Å². The molecule has 1 fully saturated rings. The van der Waals surface area contributed by atoms with E-state index < -0.39 is 10.0 Å². The Kier molecular flexibility index (Phi) is 3.89. The topological polar surface area (TPSA) is 46.6 Å². The molecule has 0 bridgehead atoms. The lowest BCUT2D eigenvalue weighted by Gasteiger charge is -2.18. The Morgan fingerprint density at radius 3 is 2.56 bits per heavy atom. The molecule has 18 heavy (non-hydrogen) atoms. The third-order valence-electron chi connectivity index (χ3n) is 3.25. The third-order valence-corrected chi connectivity index (χ3v) is 6.36. The molecule has 1 aromatic carbocycles. The Hall–Kier alpha value is -0.720. The maximum atomic E-state index is 12.5. The lowest BCUT2D eigenvalue weighted by molar-refractivity contribution is 0.410. The van der Waals surface area contributed by atoms with E-state index in [1.165, 1.54) is 4.31 Å². The molecule has 0 saturated carbocycles. The van der Waals surface area contributed by atoms with Gasteiger partial charge in [0.2, 0.25) is 10.0 Å². The molecule has 1 aromatic rings. The summed E-state index contributed by atoms with van der Waals surface area (Å²) in [6.07, 6.45) is 0. The number of hydrogen-bond donors (Lipinski definition) is 0.